The molecule has 0 bridgehead atoms. The van der Waals surface area contributed by atoms with Crippen LogP contribution in [0.2, 0.25) is 0 Å². The molecule has 0 aliphatic rings. The van der Waals surface area contributed by atoms with E-state index in [-0.39, 0.29) is 5.91 Å². The Balaban J connectivity index is 2.40. The highest BCUT2D eigenvalue weighted by Crippen LogP contribution is 2.04. The topological polar surface area (TPSA) is 55.1 Å². The molecule has 0 aliphatic carbocycles. The first-order valence-electron chi connectivity index (χ1n) is 6.34. The molecule has 0 spiro atoms. The van der Waals surface area contributed by atoms with Crippen molar-refractivity contribution in [3.63, 3.8) is 0 Å². The third kappa shape index (κ3) is 6.32. The van der Waals surface area contributed by atoms with Crippen LogP contribution in [0.5, 0.6) is 0 Å². The van der Waals surface area contributed by atoms with Crippen LogP contribution in [0.3, 0.4) is 0 Å². The number of hydrogen-bond donors (Lipinski definition) is 2. The smallest absolute Gasteiger partial charge is 0.251 e. The van der Waals surface area contributed by atoms with E-state index >= 15 is 0 Å². The maximum Gasteiger partial charge on any atom is 0.251 e. The van der Waals surface area contributed by atoms with Crippen LogP contribution >= 0.6 is 11.8 Å². The van der Waals surface area contributed by atoms with Crippen molar-refractivity contribution in [2.75, 3.05) is 25.1 Å². The zero-order valence-corrected chi connectivity index (χ0v) is 12.1. The van der Waals surface area contributed by atoms with Crippen LogP contribution in [-0.2, 0) is 0 Å². The van der Waals surface area contributed by atoms with Gasteiger partial charge in [0.25, 0.3) is 5.91 Å². The number of hydrogen-bond acceptors (Lipinski definition) is 3. The molecule has 4 heteroatoms. The van der Waals surface area contributed by atoms with Gasteiger partial charge in [0.15, 0.2) is 0 Å². The van der Waals surface area contributed by atoms with Crippen LogP contribution in [0.15, 0.2) is 24.3 Å². The summed E-state index contributed by atoms with van der Waals surface area (Å²) in [6.45, 7) is 1.08. The van der Waals surface area contributed by atoms with Gasteiger partial charge in [-0.25, -0.2) is 0 Å². The van der Waals surface area contributed by atoms with Gasteiger partial charge in [0.1, 0.15) is 0 Å². The van der Waals surface area contributed by atoms with E-state index in [2.05, 4.69) is 23.4 Å². The molecular weight excluding hydrogens is 256 g/mol. The average molecular weight is 276 g/mol. The number of benzene rings is 1. The van der Waals surface area contributed by atoms with E-state index in [0.29, 0.717) is 12.1 Å². The highest BCUT2D eigenvalue weighted by Gasteiger charge is 2.03. The van der Waals surface area contributed by atoms with Crippen molar-refractivity contribution < 1.29 is 4.79 Å². The number of rotatable bonds is 6. The van der Waals surface area contributed by atoms with Crippen molar-refractivity contribution in [3.8, 4) is 11.8 Å². The van der Waals surface area contributed by atoms with Gasteiger partial charge in [-0.1, -0.05) is 11.8 Å². The predicted molar refractivity (Wildman–Crippen MR) is 82.3 cm³/mol. The molecule has 1 aromatic rings. The molecule has 0 atom stereocenters. The lowest BCUT2D eigenvalue weighted by molar-refractivity contribution is 0.0953. The summed E-state index contributed by atoms with van der Waals surface area (Å²) < 4.78 is 0. The molecule has 0 heterocycles. The number of carbonyl (C=O) groups excluding carboxylic acids is 1. The monoisotopic (exact) mass is 276 g/mol. The van der Waals surface area contributed by atoms with Crippen LogP contribution < -0.4 is 11.1 Å². The quantitative estimate of drug-likeness (QED) is 0.616. The Kier molecular flexibility index (Phi) is 7.80. The normalized spacial score (nSPS) is 9.58. The van der Waals surface area contributed by atoms with Crippen LogP contribution in [0.25, 0.3) is 0 Å². The number of unbranched alkanes of at least 4 members (excludes halogenated alkanes) is 1. The molecule has 0 saturated heterocycles. The van der Waals surface area contributed by atoms with E-state index in [4.69, 9.17) is 5.73 Å². The first-order chi connectivity index (χ1) is 9.27. The molecular formula is C15H20N2OS. The third-order valence-electron chi connectivity index (χ3n) is 2.54. The molecule has 3 N–H and O–H groups in total. The second-order valence-electron chi connectivity index (χ2n) is 4.04. The molecule has 0 aromatic heterocycles. The van der Waals surface area contributed by atoms with Crippen LogP contribution in [0.1, 0.15) is 28.8 Å². The standard InChI is InChI=1S/C15H20N2OS/c1-19-12-3-2-11-17-15(18)14-8-6-13(7-9-14)5-4-10-16/h6-9H,2-3,10-12,16H2,1H3,(H,17,18). The number of carbonyl (C=O) groups is 1. The maximum absolute atomic E-state index is 11.8. The zero-order chi connectivity index (χ0) is 13.9. The SMILES string of the molecule is CSCCCCNC(=O)c1ccc(C#CCN)cc1. The van der Waals surface area contributed by atoms with E-state index < -0.39 is 0 Å². The van der Waals surface area contributed by atoms with Crippen LogP contribution in [0, 0.1) is 11.8 Å². The van der Waals surface area contributed by atoms with Crippen molar-refractivity contribution in [1.82, 2.24) is 5.32 Å². The summed E-state index contributed by atoms with van der Waals surface area (Å²) >= 11 is 1.83. The summed E-state index contributed by atoms with van der Waals surface area (Å²) in [6, 6.07) is 7.26. The molecule has 102 valence electrons. The summed E-state index contributed by atoms with van der Waals surface area (Å²) in [5, 5.41) is 2.92. The van der Waals surface area contributed by atoms with Crippen molar-refractivity contribution in [2.24, 2.45) is 5.73 Å². The average Bonchev–Trinajstić information content (AvgIpc) is 2.45. The summed E-state index contributed by atoms with van der Waals surface area (Å²) in [4.78, 5) is 11.8. The van der Waals surface area contributed by atoms with Gasteiger partial charge in [0.05, 0.1) is 6.54 Å². The minimum absolute atomic E-state index is 0.0255. The largest absolute Gasteiger partial charge is 0.352 e. The number of thioether (sulfide) groups is 1. The molecule has 1 amide bonds. The molecule has 0 radical (unpaired) electrons. The summed E-state index contributed by atoms with van der Waals surface area (Å²) in [5.74, 6) is 6.83. The van der Waals surface area contributed by atoms with E-state index in [1.54, 1.807) is 12.1 Å². The van der Waals surface area contributed by atoms with E-state index in [9.17, 15) is 4.79 Å². The van der Waals surface area contributed by atoms with Gasteiger partial charge in [0, 0.05) is 17.7 Å². The van der Waals surface area contributed by atoms with Gasteiger partial charge in [-0.2, -0.15) is 11.8 Å². The van der Waals surface area contributed by atoms with Gasteiger partial charge in [-0.05, 0) is 49.1 Å². The van der Waals surface area contributed by atoms with Gasteiger partial charge in [-0.15, -0.1) is 0 Å². The summed E-state index contributed by atoms with van der Waals surface area (Å²) in [5.41, 5.74) is 6.85. The summed E-state index contributed by atoms with van der Waals surface area (Å²) in [6.07, 6.45) is 4.25. The lowest BCUT2D eigenvalue weighted by atomic mass is 10.1. The maximum atomic E-state index is 11.8. The molecule has 0 saturated carbocycles. The number of nitrogens with two attached hydrogens (primary N) is 1. The van der Waals surface area contributed by atoms with Gasteiger partial charge >= 0.3 is 0 Å². The minimum Gasteiger partial charge on any atom is -0.352 e. The Morgan fingerprint density at radius 3 is 2.68 bits per heavy atom. The van der Waals surface area contributed by atoms with E-state index in [1.165, 1.54) is 0 Å². The highest BCUT2D eigenvalue weighted by molar-refractivity contribution is 7.98. The fourth-order valence-electron chi connectivity index (χ4n) is 1.53. The molecule has 1 aromatic carbocycles. The Hall–Kier alpha value is -1.44. The van der Waals surface area contributed by atoms with E-state index in [0.717, 1.165) is 30.7 Å². The lowest BCUT2D eigenvalue weighted by Crippen LogP contribution is -2.24. The Bertz CT molecular complexity index is 445. The van der Waals surface area contributed by atoms with Crippen molar-refractivity contribution in [1.29, 1.82) is 0 Å². The molecule has 1 rings (SSSR count). The fourth-order valence-corrected chi connectivity index (χ4v) is 2.03. The van der Waals surface area contributed by atoms with Crippen molar-refractivity contribution >= 4 is 17.7 Å². The second kappa shape index (κ2) is 9.48. The van der Waals surface area contributed by atoms with Crippen molar-refractivity contribution in [2.45, 2.75) is 12.8 Å². The first kappa shape index (κ1) is 15.6. The lowest BCUT2D eigenvalue weighted by Gasteiger charge is -2.04. The fraction of sp³-hybridized carbons (Fsp3) is 0.400. The minimum atomic E-state index is -0.0255. The van der Waals surface area contributed by atoms with Gasteiger partial charge in [-0.3, -0.25) is 4.79 Å². The predicted octanol–water partition coefficient (Wildman–Crippen LogP) is 1.87. The molecule has 3 nitrogen and oxygen atoms in total. The third-order valence-corrected chi connectivity index (χ3v) is 3.24. The van der Waals surface area contributed by atoms with Gasteiger partial charge in [0.2, 0.25) is 0 Å². The van der Waals surface area contributed by atoms with Crippen molar-refractivity contribution in [3.05, 3.63) is 35.4 Å². The van der Waals surface area contributed by atoms with Crippen LogP contribution in [0.4, 0.5) is 0 Å². The van der Waals surface area contributed by atoms with E-state index in [1.807, 2.05) is 23.9 Å². The molecule has 0 aliphatic heterocycles. The Morgan fingerprint density at radius 2 is 2.05 bits per heavy atom. The Labute approximate surface area is 119 Å². The first-order valence-corrected chi connectivity index (χ1v) is 7.73. The molecule has 0 unspecified atom stereocenters. The Morgan fingerprint density at radius 1 is 1.32 bits per heavy atom. The number of nitrogens with one attached hydrogen (secondary N) is 1. The zero-order valence-electron chi connectivity index (χ0n) is 11.2. The second-order valence-corrected chi connectivity index (χ2v) is 5.02. The van der Waals surface area contributed by atoms with Gasteiger partial charge < -0.3 is 11.1 Å². The van der Waals surface area contributed by atoms with Crippen LogP contribution in [-0.4, -0.2) is 31.0 Å². The summed E-state index contributed by atoms with van der Waals surface area (Å²) in [7, 11) is 0. The highest BCUT2D eigenvalue weighted by atomic mass is 32.2. The molecule has 19 heavy (non-hydrogen) atoms. The number of amides is 1. The molecule has 0 fully saturated rings.